The molecule has 1 saturated heterocycles. The summed E-state index contributed by atoms with van der Waals surface area (Å²) < 4.78 is 35.4. The average molecular weight is 430 g/mol. The number of aromatic nitrogens is 3. The molecule has 0 bridgehead atoms. The lowest BCUT2D eigenvalue weighted by atomic mass is 10.3. The molecule has 1 fully saturated rings. The lowest BCUT2D eigenvalue weighted by molar-refractivity contribution is 0.329. The smallest absolute Gasteiger partial charge is 0.246 e. The molecule has 3 heterocycles. The van der Waals surface area contributed by atoms with Gasteiger partial charge in [-0.15, -0.1) is 0 Å². The number of hydrogen-bond donors (Lipinski definition) is 1. The van der Waals surface area contributed by atoms with Crippen LogP contribution in [0.5, 0.6) is 5.75 Å². The number of nitrogens with one attached hydrogen (secondary N) is 1. The summed E-state index contributed by atoms with van der Waals surface area (Å²) in [5, 5.41) is 3.29. The fraction of sp³-hybridized carbons (Fsp3) is 0.429. The van der Waals surface area contributed by atoms with Gasteiger partial charge in [-0.1, -0.05) is 0 Å². The van der Waals surface area contributed by atoms with E-state index in [1.807, 2.05) is 43.5 Å². The van der Waals surface area contributed by atoms with Crippen LogP contribution >= 0.6 is 0 Å². The highest BCUT2D eigenvalue weighted by molar-refractivity contribution is 7.89. The molecule has 3 aromatic rings. The quantitative estimate of drug-likeness (QED) is 0.621. The molecule has 0 aliphatic carbocycles. The number of rotatable bonds is 7. The third-order valence-electron chi connectivity index (χ3n) is 5.21. The minimum Gasteiger partial charge on any atom is -0.492 e. The molecule has 9 heteroatoms. The molecule has 1 aliphatic rings. The Balaban J connectivity index is 1.60. The zero-order valence-electron chi connectivity index (χ0n) is 17.6. The van der Waals surface area contributed by atoms with Gasteiger partial charge in [-0.05, 0) is 57.9 Å². The van der Waals surface area contributed by atoms with E-state index in [0.717, 1.165) is 29.9 Å². The molecule has 0 spiro atoms. The Morgan fingerprint density at radius 1 is 1.13 bits per heavy atom. The number of aryl methyl sites for hydroxylation is 2. The largest absolute Gasteiger partial charge is 0.492 e. The van der Waals surface area contributed by atoms with E-state index in [1.54, 1.807) is 12.1 Å². The maximum absolute atomic E-state index is 13.1. The standard InChI is InChI=1S/C21H27N5O3S/c1-4-29-19-8-7-17(12-20(19)30(27,28)25-9-5-6-10-25)22-13-18-14-26-16(3)11-15(2)23-21(26)24-18/h7-8,11-12,14,22H,4-6,9-10,13H2,1-3H3. The predicted octanol–water partition coefficient (Wildman–Crippen LogP) is 3.14. The summed E-state index contributed by atoms with van der Waals surface area (Å²) in [6.45, 7) is 7.78. The molecular weight excluding hydrogens is 402 g/mol. The van der Waals surface area contributed by atoms with Crippen LogP contribution in [0, 0.1) is 13.8 Å². The molecule has 8 nitrogen and oxygen atoms in total. The minimum atomic E-state index is -3.59. The van der Waals surface area contributed by atoms with Crippen LogP contribution in [0.2, 0.25) is 0 Å². The van der Waals surface area contributed by atoms with Crippen molar-refractivity contribution in [1.29, 1.82) is 0 Å². The maximum Gasteiger partial charge on any atom is 0.246 e. The van der Waals surface area contributed by atoms with E-state index in [2.05, 4.69) is 15.3 Å². The zero-order chi connectivity index (χ0) is 21.3. The summed E-state index contributed by atoms with van der Waals surface area (Å²) in [6, 6.07) is 7.21. The summed E-state index contributed by atoms with van der Waals surface area (Å²) in [5.74, 6) is 1.05. The van der Waals surface area contributed by atoms with E-state index in [9.17, 15) is 8.42 Å². The highest BCUT2D eigenvalue weighted by Crippen LogP contribution is 2.31. The molecule has 1 aliphatic heterocycles. The molecule has 0 unspecified atom stereocenters. The SMILES string of the molecule is CCOc1ccc(NCc2cn3c(C)cc(C)nc3n2)cc1S(=O)(=O)N1CCCC1. The van der Waals surface area contributed by atoms with Gasteiger partial charge in [0, 0.05) is 36.4 Å². The summed E-state index contributed by atoms with van der Waals surface area (Å²) in [4.78, 5) is 9.23. The van der Waals surface area contributed by atoms with E-state index in [4.69, 9.17) is 4.74 Å². The highest BCUT2D eigenvalue weighted by Gasteiger charge is 2.30. The van der Waals surface area contributed by atoms with Crippen LogP contribution in [0.15, 0.2) is 35.4 Å². The Bertz CT molecular complexity index is 1170. The van der Waals surface area contributed by atoms with Crippen molar-refractivity contribution >= 4 is 21.5 Å². The van der Waals surface area contributed by atoms with E-state index >= 15 is 0 Å². The van der Waals surface area contributed by atoms with Gasteiger partial charge in [-0.25, -0.2) is 18.4 Å². The van der Waals surface area contributed by atoms with Crippen molar-refractivity contribution in [3.05, 3.63) is 47.5 Å². The van der Waals surface area contributed by atoms with E-state index < -0.39 is 10.0 Å². The van der Waals surface area contributed by atoms with Crippen LogP contribution in [0.1, 0.15) is 36.8 Å². The van der Waals surface area contributed by atoms with Gasteiger partial charge in [0.05, 0.1) is 18.8 Å². The lowest BCUT2D eigenvalue weighted by Crippen LogP contribution is -2.28. The molecule has 4 rings (SSSR count). The van der Waals surface area contributed by atoms with Crippen molar-refractivity contribution < 1.29 is 13.2 Å². The first kappa shape index (κ1) is 20.6. The van der Waals surface area contributed by atoms with Gasteiger partial charge in [0.2, 0.25) is 15.8 Å². The second kappa shape index (κ2) is 8.23. The second-order valence-electron chi connectivity index (χ2n) is 7.50. The minimum absolute atomic E-state index is 0.208. The number of sulfonamides is 1. The molecular formula is C21H27N5O3S. The van der Waals surface area contributed by atoms with Crippen molar-refractivity contribution in [2.75, 3.05) is 25.0 Å². The first-order valence-electron chi connectivity index (χ1n) is 10.2. The second-order valence-corrected chi connectivity index (χ2v) is 9.41. The fourth-order valence-corrected chi connectivity index (χ4v) is 5.43. The summed E-state index contributed by atoms with van der Waals surface area (Å²) in [5.41, 5.74) is 3.52. The first-order valence-corrected chi connectivity index (χ1v) is 11.7. The number of ether oxygens (including phenoxy) is 1. The molecule has 1 N–H and O–H groups in total. The summed E-state index contributed by atoms with van der Waals surface area (Å²) in [6.07, 6.45) is 3.73. The van der Waals surface area contributed by atoms with Crippen LogP contribution in [-0.2, 0) is 16.6 Å². The Kier molecular flexibility index (Phi) is 5.66. The van der Waals surface area contributed by atoms with Gasteiger partial charge in [0.25, 0.3) is 0 Å². The zero-order valence-corrected chi connectivity index (χ0v) is 18.4. The number of benzene rings is 1. The Morgan fingerprint density at radius 2 is 1.90 bits per heavy atom. The molecule has 30 heavy (non-hydrogen) atoms. The monoisotopic (exact) mass is 429 g/mol. The molecule has 0 saturated carbocycles. The van der Waals surface area contributed by atoms with Gasteiger partial charge in [0.1, 0.15) is 10.6 Å². The Morgan fingerprint density at radius 3 is 2.63 bits per heavy atom. The van der Waals surface area contributed by atoms with Crippen LogP contribution in [-0.4, -0.2) is 46.8 Å². The molecule has 0 radical (unpaired) electrons. The number of fused-ring (bicyclic) bond motifs is 1. The first-order chi connectivity index (χ1) is 14.4. The predicted molar refractivity (Wildman–Crippen MR) is 115 cm³/mol. The van der Waals surface area contributed by atoms with Crippen molar-refractivity contribution in [2.24, 2.45) is 0 Å². The molecule has 0 atom stereocenters. The number of hydrogen-bond acceptors (Lipinski definition) is 6. The third kappa shape index (κ3) is 3.99. The molecule has 0 amide bonds. The van der Waals surface area contributed by atoms with E-state index in [1.165, 1.54) is 4.31 Å². The van der Waals surface area contributed by atoms with Crippen LogP contribution in [0.3, 0.4) is 0 Å². The van der Waals surface area contributed by atoms with E-state index in [-0.39, 0.29) is 4.90 Å². The van der Waals surface area contributed by atoms with Crippen LogP contribution in [0.25, 0.3) is 5.78 Å². The Hall–Kier alpha value is -2.65. The van der Waals surface area contributed by atoms with Crippen molar-refractivity contribution in [1.82, 2.24) is 18.7 Å². The van der Waals surface area contributed by atoms with Crippen LogP contribution < -0.4 is 10.1 Å². The summed E-state index contributed by atoms with van der Waals surface area (Å²) in [7, 11) is -3.59. The van der Waals surface area contributed by atoms with Crippen LogP contribution in [0.4, 0.5) is 5.69 Å². The summed E-state index contributed by atoms with van der Waals surface area (Å²) >= 11 is 0. The molecule has 1 aromatic carbocycles. The van der Waals surface area contributed by atoms with E-state index in [0.29, 0.717) is 43.5 Å². The van der Waals surface area contributed by atoms with Gasteiger partial charge < -0.3 is 10.1 Å². The number of nitrogens with zero attached hydrogens (tertiary/aromatic N) is 4. The lowest BCUT2D eigenvalue weighted by Gasteiger charge is -2.19. The molecule has 160 valence electrons. The molecule has 2 aromatic heterocycles. The van der Waals surface area contributed by atoms with Gasteiger partial charge in [-0.2, -0.15) is 4.31 Å². The van der Waals surface area contributed by atoms with Gasteiger partial charge in [-0.3, -0.25) is 4.40 Å². The maximum atomic E-state index is 13.1. The van der Waals surface area contributed by atoms with Crippen molar-refractivity contribution in [3.8, 4) is 5.75 Å². The van der Waals surface area contributed by atoms with Gasteiger partial charge in [0.15, 0.2) is 0 Å². The Labute approximate surface area is 177 Å². The third-order valence-corrected chi connectivity index (χ3v) is 7.13. The number of anilines is 1. The average Bonchev–Trinajstić information content (AvgIpc) is 3.37. The number of imidazole rings is 1. The fourth-order valence-electron chi connectivity index (χ4n) is 3.76. The van der Waals surface area contributed by atoms with Crippen molar-refractivity contribution in [3.63, 3.8) is 0 Å². The highest BCUT2D eigenvalue weighted by atomic mass is 32.2. The normalized spacial score (nSPS) is 15.0. The van der Waals surface area contributed by atoms with Crippen molar-refractivity contribution in [2.45, 2.75) is 45.1 Å². The topological polar surface area (TPSA) is 88.8 Å². The van der Waals surface area contributed by atoms with Gasteiger partial charge >= 0.3 is 0 Å².